The first-order chi connectivity index (χ1) is 6.84. The lowest BCUT2D eigenvalue weighted by atomic mass is 10.0. The summed E-state index contributed by atoms with van der Waals surface area (Å²) in [5, 5.41) is 10.1. The van der Waals surface area contributed by atoms with Crippen molar-refractivity contribution in [2.75, 3.05) is 12.3 Å². The van der Waals surface area contributed by atoms with Crippen LogP contribution in [0.4, 0.5) is 5.95 Å². The molecule has 0 saturated carbocycles. The summed E-state index contributed by atoms with van der Waals surface area (Å²) in [7, 11) is 0. The zero-order valence-corrected chi connectivity index (χ0v) is 8.29. The van der Waals surface area contributed by atoms with Crippen molar-refractivity contribution in [1.82, 2.24) is 20.5 Å². The smallest absolute Gasteiger partial charge is 0.239 e. The lowest BCUT2D eigenvalue weighted by Gasteiger charge is -2.22. The Bertz CT molecular complexity index is 276. The molecule has 0 aliphatic carbocycles. The van der Waals surface area contributed by atoms with Crippen molar-refractivity contribution in [2.45, 2.75) is 38.1 Å². The highest BCUT2D eigenvalue weighted by molar-refractivity contribution is 5.12. The molecule has 1 aliphatic rings. The van der Waals surface area contributed by atoms with E-state index in [1.54, 1.807) is 0 Å². The highest BCUT2D eigenvalue weighted by atomic mass is 15.3. The number of nitrogen functional groups attached to an aromatic ring is 1. The summed E-state index contributed by atoms with van der Waals surface area (Å²) < 4.78 is 0. The molecule has 2 heterocycles. The Morgan fingerprint density at radius 1 is 1.43 bits per heavy atom. The molecule has 5 nitrogen and oxygen atoms in total. The van der Waals surface area contributed by atoms with Crippen LogP contribution >= 0.6 is 0 Å². The first kappa shape index (κ1) is 9.45. The van der Waals surface area contributed by atoms with Gasteiger partial charge in [0.2, 0.25) is 5.95 Å². The largest absolute Gasteiger partial charge is 0.367 e. The van der Waals surface area contributed by atoms with Crippen molar-refractivity contribution in [3.05, 3.63) is 5.82 Å². The molecule has 4 N–H and O–H groups in total. The van der Waals surface area contributed by atoms with Gasteiger partial charge in [-0.15, -0.1) is 5.10 Å². The molecule has 5 heteroatoms. The van der Waals surface area contributed by atoms with Crippen molar-refractivity contribution >= 4 is 5.95 Å². The zero-order chi connectivity index (χ0) is 9.80. The van der Waals surface area contributed by atoms with E-state index in [0.29, 0.717) is 12.0 Å². The quantitative estimate of drug-likeness (QED) is 0.654. The van der Waals surface area contributed by atoms with Gasteiger partial charge in [0, 0.05) is 12.5 Å². The van der Waals surface area contributed by atoms with Crippen molar-refractivity contribution in [1.29, 1.82) is 0 Å². The number of rotatable bonds is 3. The number of aryl methyl sites for hydroxylation is 1. The molecule has 1 aromatic heterocycles. The maximum absolute atomic E-state index is 5.42. The Hall–Kier alpha value is -1.10. The van der Waals surface area contributed by atoms with Crippen molar-refractivity contribution in [2.24, 2.45) is 0 Å². The number of piperidine rings is 1. The van der Waals surface area contributed by atoms with Crippen molar-refractivity contribution in [3.63, 3.8) is 0 Å². The van der Waals surface area contributed by atoms with E-state index in [0.717, 1.165) is 25.2 Å². The Kier molecular flexibility index (Phi) is 2.98. The number of hydrogen-bond donors (Lipinski definition) is 3. The minimum atomic E-state index is 0.344. The average Bonchev–Trinajstić information content (AvgIpc) is 2.63. The van der Waals surface area contributed by atoms with Gasteiger partial charge in [-0.05, 0) is 25.8 Å². The summed E-state index contributed by atoms with van der Waals surface area (Å²) in [6, 6.07) is 0.648. The highest BCUT2D eigenvalue weighted by Crippen LogP contribution is 2.11. The molecule has 0 radical (unpaired) electrons. The van der Waals surface area contributed by atoms with Gasteiger partial charge in [0.05, 0.1) is 0 Å². The molecule has 0 bridgehead atoms. The number of nitrogens with one attached hydrogen (secondary N) is 2. The number of hydrogen-bond acceptors (Lipinski definition) is 4. The van der Waals surface area contributed by atoms with Crippen LogP contribution in [0.2, 0.25) is 0 Å². The first-order valence-corrected chi connectivity index (χ1v) is 5.25. The van der Waals surface area contributed by atoms with Crippen LogP contribution in [-0.2, 0) is 6.42 Å². The van der Waals surface area contributed by atoms with E-state index in [1.165, 1.54) is 19.3 Å². The number of H-pyrrole nitrogens is 1. The second-order valence-electron chi connectivity index (χ2n) is 3.83. The number of nitrogens with zero attached hydrogens (tertiary/aromatic N) is 2. The summed E-state index contributed by atoms with van der Waals surface area (Å²) in [6.45, 7) is 1.16. The second-order valence-corrected chi connectivity index (χ2v) is 3.83. The van der Waals surface area contributed by atoms with E-state index < -0.39 is 0 Å². The summed E-state index contributed by atoms with van der Waals surface area (Å²) >= 11 is 0. The third-order valence-corrected chi connectivity index (χ3v) is 2.69. The van der Waals surface area contributed by atoms with Crippen LogP contribution < -0.4 is 11.1 Å². The summed E-state index contributed by atoms with van der Waals surface area (Å²) in [5.74, 6) is 1.24. The molecule has 2 rings (SSSR count). The minimum absolute atomic E-state index is 0.344. The molecule has 1 atom stereocenters. The summed E-state index contributed by atoms with van der Waals surface area (Å²) in [4.78, 5) is 4.08. The number of nitrogens with two attached hydrogens (primary N) is 1. The van der Waals surface area contributed by atoms with Crippen LogP contribution in [0.15, 0.2) is 0 Å². The number of anilines is 1. The Labute approximate surface area is 83.5 Å². The van der Waals surface area contributed by atoms with Crippen LogP contribution in [0.5, 0.6) is 0 Å². The Balaban J connectivity index is 1.76. The van der Waals surface area contributed by atoms with E-state index in [1.807, 2.05) is 0 Å². The standard InChI is InChI=1S/C9H17N5/c10-9-12-8(13-14-9)5-4-7-3-1-2-6-11-7/h7,11H,1-6H2,(H3,10,12,13,14). The fraction of sp³-hybridized carbons (Fsp3) is 0.778. The normalized spacial score (nSPS) is 22.4. The molecule has 0 aromatic carbocycles. The minimum Gasteiger partial charge on any atom is -0.367 e. The fourth-order valence-corrected chi connectivity index (χ4v) is 1.90. The van der Waals surface area contributed by atoms with Gasteiger partial charge in [-0.1, -0.05) is 6.42 Å². The predicted octanol–water partition coefficient (Wildman–Crippen LogP) is 0.462. The van der Waals surface area contributed by atoms with Gasteiger partial charge in [0.1, 0.15) is 5.82 Å². The van der Waals surface area contributed by atoms with Gasteiger partial charge in [-0.3, -0.25) is 5.10 Å². The molecule has 14 heavy (non-hydrogen) atoms. The third kappa shape index (κ3) is 2.45. The summed E-state index contributed by atoms with van der Waals surface area (Å²) in [5.41, 5.74) is 5.42. The second kappa shape index (κ2) is 4.41. The molecule has 1 fully saturated rings. The van der Waals surface area contributed by atoms with Gasteiger partial charge >= 0.3 is 0 Å². The molecular weight excluding hydrogens is 178 g/mol. The van der Waals surface area contributed by atoms with E-state index in [4.69, 9.17) is 5.73 Å². The maximum Gasteiger partial charge on any atom is 0.239 e. The van der Waals surface area contributed by atoms with Gasteiger partial charge < -0.3 is 11.1 Å². The van der Waals surface area contributed by atoms with Crippen LogP contribution in [0.3, 0.4) is 0 Å². The van der Waals surface area contributed by atoms with Gasteiger partial charge in [-0.2, -0.15) is 4.98 Å². The molecule has 0 spiro atoms. The maximum atomic E-state index is 5.42. The van der Waals surface area contributed by atoms with Crippen molar-refractivity contribution < 1.29 is 0 Å². The van der Waals surface area contributed by atoms with Crippen molar-refractivity contribution in [3.8, 4) is 0 Å². The topological polar surface area (TPSA) is 79.6 Å². The molecule has 0 amide bonds. The fourth-order valence-electron chi connectivity index (χ4n) is 1.90. The molecular formula is C9H17N5. The first-order valence-electron chi connectivity index (χ1n) is 5.25. The molecule has 1 aromatic rings. The zero-order valence-electron chi connectivity index (χ0n) is 8.29. The van der Waals surface area contributed by atoms with Gasteiger partial charge in [0.15, 0.2) is 0 Å². The summed E-state index contributed by atoms with van der Waals surface area (Å²) in [6.07, 6.45) is 5.99. The van der Waals surface area contributed by atoms with Gasteiger partial charge in [-0.25, -0.2) is 0 Å². The van der Waals surface area contributed by atoms with E-state index >= 15 is 0 Å². The number of aromatic amines is 1. The lowest BCUT2D eigenvalue weighted by Crippen LogP contribution is -2.34. The van der Waals surface area contributed by atoms with E-state index in [2.05, 4.69) is 20.5 Å². The SMILES string of the molecule is Nc1n[nH]c(CCC2CCCCN2)n1. The van der Waals surface area contributed by atoms with E-state index in [-0.39, 0.29) is 0 Å². The third-order valence-electron chi connectivity index (χ3n) is 2.69. The monoisotopic (exact) mass is 195 g/mol. The Morgan fingerprint density at radius 3 is 3.00 bits per heavy atom. The highest BCUT2D eigenvalue weighted by Gasteiger charge is 2.12. The predicted molar refractivity (Wildman–Crippen MR) is 54.8 cm³/mol. The van der Waals surface area contributed by atoms with Crippen LogP contribution in [-0.4, -0.2) is 27.8 Å². The van der Waals surface area contributed by atoms with Crippen LogP contribution in [0, 0.1) is 0 Å². The van der Waals surface area contributed by atoms with E-state index in [9.17, 15) is 0 Å². The van der Waals surface area contributed by atoms with Crippen LogP contribution in [0.1, 0.15) is 31.5 Å². The molecule has 1 unspecified atom stereocenters. The Morgan fingerprint density at radius 2 is 2.36 bits per heavy atom. The van der Waals surface area contributed by atoms with Crippen LogP contribution in [0.25, 0.3) is 0 Å². The lowest BCUT2D eigenvalue weighted by molar-refractivity contribution is 0.381. The molecule has 1 aliphatic heterocycles. The number of aromatic nitrogens is 3. The molecule has 1 saturated heterocycles. The molecule has 78 valence electrons. The average molecular weight is 195 g/mol. The van der Waals surface area contributed by atoms with Gasteiger partial charge in [0.25, 0.3) is 0 Å².